The summed E-state index contributed by atoms with van der Waals surface area (Å²) in [6.45, 7) is 13.8. The number of carbonyl (C=O) groups is 1. The van der Waals surface area contributed by atoms with Crippen LogP contribution in [0, 0.1) is 17.1 Å². The Kier molecular flexibility index (Phi) is 8.53. The van der Waals surface area contributed by atoms with Gasteiger partial charge in [0.1, 0.15) is 17.5 Å². The molecule has 5 rings (SSSR count). The number of anilines is 1. The second kappa shape index (κ2) is 12.5. The topological polar surface area (TPSA) is 75.8 Å². The predicted molar refractivity (Wildman–Crippen MR) is 169 cm³/mol. The van der Waals surface area contributed by atoms with Crippen molar-refractivity contribution in [1.82, 2.24) is 14.8 Å². The summed E-state index contributed by atoms with van der Waals surface area (Å²) in [7, 11) is 0. The normalized spacial score (nSPS) is 19.0. The lowest BCUT2D eigenvalue weighted by Crippen LogP contribution is -2.53. The third-order valence-electron chi connectivity index (χ3n) is 8.02. The highest BCUT2D eigenvalue weighted by Crippen LogP contribution is 2.39. The minimum Gasteiger partial charge on any atom is -0.371 e. The number of pyridine rings is 1. The van der Waals surface area contributed by atoms with E-state index in [0.29, 0.717) is 48.0 Å². The van der Waals surface area contributed by atoms with E-state index in [-0.39, 0.29) is 23.7 Å². The lowest BCUT2D eigenvalue weighted by Gasteiger charge is -2.42. The second-order valence-electron chi connectivity index (χ2n) is 11.0. The Bertz CT molecular complexity index is 1700. The number of aliphatic imine (C=N–C) groups is 1. The molecule has 2 aliphatic heterocycles. The molecule has 3 heterocycles. The van der Waals surface area contributed by atoms with Gasteiger partial charge in [-0.15, -0.1) is 0 Å². The maximum Gasteiger partial charge on any atom is 0.254 e. The lowest BCUT2D eigenvalue weighted by molar-refractivity contribution is 0.0541. The quantitative estimate of drug-likeness (QED) is 0.326. The van der Waals surface area contributed by atoms with Gasteiger partial charge in [0.05, 0.1) is 11.6 Å². The average Bonchev–Trinajstić information content (AvgIpc) is 3.39. The van der Waals surface area contributed by atoms with Gasteiger partial charge < -0.3 is 9.80 Å². The van der Waals surface area contributed by atoms with Crippen molar-refractivity contribution in [2.45, 2.75) is 39.7 Å². The lowest BCUT2D eigenvalue weighted by atomic mass is 9.95. The highest BCUT2D eigenvalue weighted by molar-refractivity contribution is 6.25. The number of hydrogen-bond acceptors (Lipinski definition) is 5. The fourth-order valence-electron chi connectivity index (χ4n) is 5.82. The summed E-state index contributed by atoms with van der Waals surface area (Å²) < 4.78 is 15.3. The van der Waals surface area contributed by atoms with Crippen molar-refractivity contribution in [3.05, 3.63) is 125 Å². The van der Waals surface area contributed by atoms with Crippen molar-refractivity contribution in [3.63, 3.8) is 0 Å². The first-order chi connectivity index (χ1) is 20.7. The summed E-state index contributed by atoms with van der Waals surface area (Å²) in [5, 5.41) is 9.50. The number of amidine groups is 1. The van der Waals surface area contributed by atoms with Gasteiger partial charge in [0.15, 0.2) is 0 Å². The number of piperazine rings is 1. The van der Waals surface area contributed by atoms with Crippen LogP contribution in [0.3, 0.4) is 0 Å². The number of carbonyl (C=O) groups excluding carboxylic acids is 1. The van der Waals surface area contributed by atoms with Crippen LogP contribution in [0.1, 0.15) is 60.7 Å². The molecule has 1 saturated heterocycles. The largest absolute Gasteiger partial charge is 0.371 e. The molecule has 1 aromatic heterocycles. The van der Waals surface area contributed by atoms with E-state index in [9.17, 15) is 10.1 Å². The van der Waals surface area contributed by atoms with Crippen LogP contribution < -0.4 is 4.90 Å². The van der Waals surface area contributed by atoms with E-state index in [2.05, 4.69) is 48.3 Å². The predicted octanol–water partition coefficient (Wildman–Crippen LogP) is 6.74. The van der Waals surface area contributed by atoms with Gasteiger partial charge in [0.2, 0.25) is 0 Å². The van der Waals surface area contributed by atoms with Gasteiger partial charge in [-0.25, -0.2) is 14.4 Å². The SMILES string of the molecule is C=CN=C1/C(=C(\C)N2CCN(C(=O)c3ccccc3C(C)C)C(C)C2)C(c2ccccc2F)=CN1c1cc(C#N)ccn1. The molecule has 0 bridgehead atoms. The van der Waals surface area contributed by atoms with Crippen molar-refractivity contribution in [1.29, 1.82) is 5.26 Å². The smallest absolute Gasteiger partial charge is 0.254 e. The molecule has 1 amide bonds. The fourth-order valence-corrected chi connectivity index (χ4v) is 5.82. The first-order valence-electron chi connectivity index (χ1n) is 14.4. The molecule has 0 aliphatic carbocycles. The highest BCUT2D eigenvalue weighted by atomic mass is 19.1. The first-order valence-corrected chi connectivity index (χ1v) is 14.4. The molecule has 43 heavy (non-hydrogen) atoms. The Balaban J connectivity index is 1.54. The van der Waals surface area contributed by atoms with Gasteiger partial charge in [-0.1, -0.05) is 56.8 Å². The molecule has 3 aromatic rings. The van der Waals surface area contributed by atoms with E-state index < -0.39 is 0 Å². The zero-order valence-corrected chi connectivity index (χ0v) is 25.0. The van der Waals surface area contributed by atoms with Gasteiger partial charge >= 0.3 is 0 Å². The van der Waals surface area contributed by atoms with E-state index in [1.54, 1.807) is 41.4 Å². The molecule has 218 valence electrons. The number of aromatic nitrogens is 1. The molecule has 0 spiro atoms. The van der Waals surface area contributed by atoms with E-state index in [4.69, 9.17) is 0 Å². The second-order valence-corrected chi connectivity index (χ2v) is 11.0. The third-order valence-corrected chi connectivity index (χ3v) is 8.02. The van der Waals surface area contributed by atoms with Gasteiger partial charge in [0, 0.05) is 72.2 Å². The number of amides is 1. The number of nitriles is 1. The highest BCUT2D eigenvalue weighted by Gasteiger charge is 2.35. The molecular weight excluding hydrogens is 539 g/mol. The average molecular weight is 575 g/mol. The summed E-state index contributed by atoms with van der Waals surface area (Å²) in [4.78, 5) is 28.8. The van der Waals surface area contributed by atoms with Crippen LogP contribution in [-0.4, -0.2) is 52.2 Å². The Morgan fingerprint density at radius 1 is 1.16 bits per heavy atom. The summed E-state index contributed by atoms with van der Waals surface area (Å²) in [5.74, 6) is 0.945. The maximum atomic E-state index is 15.3. The van der Waals surface area contributed by atoms with Gasteiger partial charge in [0.25, 0.3) is 5.91 Å². The van der Waals surface area contributed by atoms with Crippen LogP contribution in [0.2, 0.25) is 0 Å². The summed E-state index contributed by atoms with van der Waals surface area (Å²) in [6.07, 6.45) is 4.84. The number of rotatable bonds is 6. The number of benzene rings is 2. The van der Waals surface area contributed by atoms with E-state index >= 15 is 4.39 Å². The molecular formula is C35H35FN6O. The summed E-state index contributed by atoms with van der Waals surface area (Å²) in [6, 6.07) is 19.9. The van der Waals surface area contributed by atoms with Crippen LogP contribution in [-0.2, 0) is 0 Å². The van der Waals surface area contributed by atoms with Crippen LogP contribution in [0.15, 0.2) is 102 Å². The number of halogens is 1. The zero-order valence-electron chi connectivity index (χ0n) is 25.0. The van der Waals surface area contributed by atoms with Crippen molar-refractivity contribution >= 4 is 23.1 Å². The van der Waals surface area contributed by atoms with Gasteiger partial charge in [-0.2, -0.15) is 5.26 Å². The molecule has 1 unspecified atom stereocenters. The minimum atomic E-state index is -0.356. The van der Waals surface area contributed by atoms with Crippen LogP contribution in [0.4, 0.5) is 10.2 Å². The molecule has 0 saturated carbocycles. The monoisotopic (exact) mass is 574 g/mol. The standard InChI is InChI=1S/C35H35FN6O/c1-6-38-34-33(30(28-12-9-10-14-31(28)36)22-42(34)32-19-26(20-37)15-16-39-32)25(5)40-17-18-41(24(4)21-40)35(43)29-13-8-7-11-27(29)23(2)3/h6-16,19,22-24H,1,17-18,21H2,2-5H3/b33-25+,38-34?. The van der Waals surface area contributed by atoms with Crippen LogP contribution >= 0.6 is 0 Å². The first kappa shape index (κ1) is 29.5. The van der Waals surface area contributed by atoms with Crippen LogP contribution in [0.5, 0.6) is 0 Å². The zero-order chi connectivity index (χ0) is 30.7. The van der Waals surface area contributed by atoms with Crippen molar-refractivity contribution in [2.24, 2.45) is 4.99 Å². The molecule has 8 heteroatoms. The summed E-state index contributed by atoms with van der Waals surface area (Å²) in [5.41, 5.74) is 4.97. The molecule has 2 aliphatic rings. The minimum absolute atomic E-state index is 0.0399. The van der Waals surface area contributed by atoms with E-state index in [1.807, 2.05) is 42.3 Å². The Hall–Kier alpha value is -5.03. The molecule has 2 aromatic carbocycles. The molecule has 7 nitrogen and oxygen atoms in total. The van der Waals surface area contributed by atoms with E-state index in [0.717, 1.165) is 22.4 Å². The Morgan fingerprint density at radius 3 is 2.60 bits per heavy atom. The number of hydrogen-bond donors (Lipinski definition) is 0. The molecule has 1 atom stereocenters. The van der Waals surface area contributed by atoms with Crippen molar-refractivity contribution < 1.29 is 9.18 Å². The van der Waals surface area contributed by atoms with E-state index in [1.165, 1.54) is 12.3 Å². The summed E-state index contributed by atoms with van der Waals surface area (Å²) >= 11 is 0. The maximum absolute atomic E-state index is 15.3. The Labute approximate surface area is 252 Å². The van der Waals surface area contributed by atoms with Crippen molar-refractivity contribution in [3.8, 4) is 6.07 Å². The third kappa shape index (κ3) is 5.71. The Morgan fingerprint density at radius 2 is 1.91 bits per heavy atom. The molecule has 1 fully saturated rings. The number of allylic oxidation sites excluding steroid dienone is 1. The molecule has 0 radical (unpaired) electrons. The molecule has 0 N–H and O–H groups in total. The van der Waals surface area contributed by atoms with Crippen LogP contribution in [0.25, 0.3) is 5.57 Å². The van der Waals surface area contributed by atoms with Gasteiger partial charge in [-0.05, 0) is 49.6 Å². The fraction of sp³-hybridized carbons (Fsp3) is 0.257. The number of nitrogens with zero attached hydrogens (tertiary/aromatic N) is 6. The van der Waals surface area contributed by atoms with Crippen molar-refractivity contribution in [2.75, 3.05) is 24.5 Å². The van der Waals surface area contributed by atoms with Gasteiger partial charge in [-0.3, -0.25) is 9.69 Å².